The van der Waals surface area contributed by atoms with Crippen molar-refractivity contribution < 1.29 is 4.79 Å². The Morgan fingerprint density at radius 3 is 3.18 bits per heavy atom. The maximum atomic E-state index is 11.7. The first-order chi connectivity index (χ1) is 8.16. The summed E-state index contributed by atoms with van der Waals surface area (Å²) in [6, 6.07) is 3.80. The Kier molecular flexibility index (Phi) is 3.58. The summed E-state index contributed by atoms with van der Waals surface area (Å²) in [7, 11) is 0. The number of aromatic nitrogens is 1. The molecule has 0 atom stereocenters. The van der Waals surface area contributed by atoms with Crippen molar-refractivity contribution in [3.8, 4) is 0 Å². The average molecular weight is 249 g/mol. The largest absolute Gasteiger partial charge is 0.350 e. The number of amides is 1. The molecule has 0 unspecified atom stereocenters. The molecular weight excluding hydrogens is 234 g/mol. The van der Waals surface area contributed by atoms with Gasteiger partial charge in [-0.05, 0) is 29.9 Å². The third-order valence-corrected chi connectivity index (χ3v) is 3.18. The number of fused-ring (bicyclic) bond motifs is 1. The molecule has 4 nitrogen and oxygen atoms in total. The Morgan fingerprint density at radius 2 is 2.47 bits per heavy atom. The lowest BCUT2D eigenvalue weighted by atomic mass is 10.2. The molecule has 0 fully saturated rings. The average Bonchev–Trinajstić information content (AvgIpc) is 2.83. The van der Waals surface area contributed by atoms with E-state index in [4.69, 9.17) is 0 Å². The van der Waals surface area contributed by atoms with E-state index in [2.05, 4.69) is 29.4 Å². The Hall–Kier alpha value is -1.62. The fraction of sp³-hybridized carbons (Fsp3) is 0.333. The maximum Gasteiger partial charge on any atom is 0.287 e. The van der Waals surface area contributed by atoms with Crippen molar-refractivity contribution in [2.75, 3.05) is 0 Å². The predicted molar refractivity (Wildman–Crippen MR) is 71.6 cm³/mol. The molecule has 0 radical (unpaired) electrons. The van der Waals surface area contributed by atoms with Crippen LogP contribution in [0, 0.1) is 5.92 Å². The van der Waals surface area contributed by atoms with Crippen LogP contribution in [0.15, 0.2) is 22.6 Å². The molecule has 0 saturated carbocycles. The number of thiophene rings is 1. The van der Waals surface area contributed by atoms with E-state index in [1.807, 2.05) is 17.5 Å². The summed E-state index contributed by atoms with van der Waals surface area (Å²) in [6.45, 7) is 4.21. The van der Waals surface area contributed by atoms with Gasteiger partial charge in [-0.3, -0.25) is 4.79 Å². The molecule has 90 valence electrons. The number of hydrogen-bond acceptors (Lipinski definition) is 3. The topological polar surface area (TPSA) is 57.2 Å². The Balaban J connectivity index is 1.96. The zero-order chi connectivity index (χ0) is 12.3. The van der Waals surface area contributed by atoms with Crippen molar-refractivity contribution in [2.45, 2.75) is 20.3 Å². The van der Waals surface area contributed by atoms with Gasteiger partial charge in [0.2, 0.25) is 0 Å². The Morgan fingerprint density at radius 1 is 1.65 bits per heavy atom. The highest BCUT2D eigenvalue weighted by atomic mass is 32.1. The molecule has 0 spiro atoms. The van der Waals surface area contributed by atoms with Crippen molar-refractivity contribution in [3.05, 3.63) is 23.2 Å². The van der Waals surface area contributed by atoms with E-state index in [-0.39, 0.29) is 5.91 Å². The number of carbonyl (C=O) groups excluding carboxylic acids is 1. The summed E-state index contributed by atoms with van der Waals surface area (Å²) in [6.07, 6.45) is 2.59. The second kappa shape index (κ2) is 5.14. The number of carbonyl (C=O) groups is 1. The first-order valence-electron chi connectivity index (χ1n) is 5.55. The highest BCUT2D eigenvalue weighted by Crippen LogP contribution is 2.20. The van der Waals surface area contributed by atoms with Crippen LogP contribution in [0.1, 0.15) is 30.8 Å². The predicted octanol–water partition coefficient (Wildman–Crippen LogP) is 2.99. The van der Waals surface area contributed by atoms with E-state index in [1.165, 1.54) is 0 Å². The number of nitrogens with one attached hydrogen (secondary N) is 2. The number of hydrogen-bond donors (Lipinski definition) is 2. The fourth-order valence-electron chi connectivity index (χ4n) is 1.40. The molecule has 0 saturated heterocycles. The van der Waals surface area contributed by atoms with Gasteiger partial charge in [0.25, 0.3) is 5.91 Å². The molecule has 0 aliphatic heterocycles. The van der Waals surface area contributed by atoms with E-state index >= 15 is 0 Å². The van der Waals surface area contributed by atoms with Gasteiger partial charge in [-0.2, -0.15) is 5.10 Å². The van der Waals surface area contributed by atoms with Gasteiger partial charge in [0.1, 0.15) is 5.69 Å². The van der Waals surface area contributed by atoms with Crippen LogP contribution in [-0.4, -0.2) is 17.1 Å². The minimum atomic E-state index is -0.201. The molecule has 0 bridgehead atoms. The number of hydrazone groups is 1. The van der Waals surface area contributed by atoms with Gasteiger partial charge in [-0.25, -0.2) is 5.43 Å². The van der Waals surface area contributed by atoms with Gasteiger partial charge in [0, 0.05) is 6.21 Å². The summed E-state index contributed by atoms with van der Waals surface area (Å²) in [5.41, 5.74) is 4.05. The van der Waals surface area contributed by atoms with Crippen molar-refractivity contribution in [3.63, 3.8) is 0 Å². The monoisotopic (exact) mass is 249 g/mol. The van der Waals surface area contributed by atoms with Crippen LogP contribution in [0.3, 0.4) is 0 Å². The summed E-state index contributed by atoms with van der Waals surface area (Å²) >= 11 is 1.61. The lowest BCUT2D eigenvalue weighted by Gasteiger charge is -1.98. The van der Waals surface area contributed by atoms with Gasteiger partial charge in [-0.1, -0.05) is 13.8 Å². The SMILES string of the molecule is CC(C)CC=NNC(=O)c1cc2sccc2[nH]1. The molecule has 2 aromatic heterocycles. The quantitative estimate of drug-likeness (QED) is 0.635. The van der Waals surface area contributed by atoms with Crippen LogP contribution in [-0.2, 0) is 0 Å². The molecule has 1 amide bonds. The van der Waals surface area contributed by atoms with E-state index in [9.17, 15) is 4.79 Å². The summed E-state index contributed by atoms with van der Waals surface area (Å²) in [4.78, 5) is 14.8. The first-order valence-corrected chi connectivity index (χ1v) is 6.43. The van der Waals surface area contributed by atoms with Gasteiger partial charge in [0.15, 0.2) is 0 Å². The highest BCUT2D eigenvalue weighted by molar-refractivity contribution is 7.17. The molecular formula is C12H15N3OS. The van der Waals surface area contributed by atoms with E-state index in [0.717, 1.165) is 16.6 Å². The Labute approximate surface area is 104 Å². The first kappa shape index (κ1) is 11.9. The smallest absolute Gasteiger partial charge is 0.287 e. The van der Waals surface area contributed by atoms with Crippen LogP contribution in [0.2, 0.25) is 0 Å². The third-order valence-electron chi connectivity index (χ3n) is 2.32. The number of nitrogens with zero attached hydrogens (tertiary/aromatic N) is 1. The fourth-order valence-corrected chi connectivity index (χ4v) is 2.18. The standard InChI is InChI=1S/C12H15N3OS/c1-8(2)3-5-13-15-12(16)10-7-11-9(14-10)4-6-17-11/h4-8,14H,3H2,1-2H3,(H,15,16). The lowest BCUT2D eigenvalue weighted by molar-refractivity contribution is 0.0951. The second-order valence-electron chi connectivity index (χ2n) is 4.26. The minimum absolute atomic E-state index is 0.201. The van der Waals surface area contributed by atoms with E-state index in [1.54, 1.807) is 17.6 Å². The van der Waals surface area contributed by atoms with Gasteiger partial charge >= 0.3 is 0 Å². The van der Waals surface area contributed by atoms with Crippen LogP contribution in [0.25, 0.3) is 10.2 Å². The Bertz CT molecular complexity index is 510. The zero-order valence-corrected chi connectivity index (χ0v) is 10.7. The molecule has 0 aliphatic carbocycles. The molecule has 0 aliphatic rings. The highest BCUT2D eigenvalue weighted by Gasteiger charge is 2.08. The number of aromatic amines is 1. The van der Waals surface area contributed by atoms with E-state index in [0.29, 0.717) is 11.6 Å². The molecule has 2 rings (SSSR count). The normalized spacial score (nSPS) is 11.7. The second-order valence-corrected chi connectivity index (χ2v) is 5.21. The summed E-state index contributed by atoms with van der Waals surface area (Å²) < 4.78 is 1.08. The molecule has 5 heteroatoms. The third kappa shape index (κ3) is 2.94. The van der Waals surface area contributed by atoms with Crippen molar-refractivity contribution in [2.24, 2.45) is 11.0 Å². The molecule has 2 aromatic rings. The van der Waals surface area contributed by atoms with Gasteiger partial charge in [-0.15, -0.1) is 11.3 Å². The van der Waals surface area contributed by atoms with Crippen LogP contribution in [0.4, 0.5) is 0 Å². The van der Waals surface area contributed by atoms with Crippen molar-refractivity contribution >= 4 is 33.7 Å². The molecule has 2 N–H and O–H groups in total. The molecule has 17 heavy (non-hydrogen) atoms. The van der Waals surface area contributed by atoms with Gasteiger partial charge < -0.3 is 4.98 Å². The summed E-state index contributed by atoms with van der Waals surface area (Å²) in [5, 5.41) is 5.89. The zero-order valence-electron chi connectivity index (χ0n) is 9.86. The summed E-state index contributed by atoms with van der Waals surface area (Å²) in [5.74, 6) is 0.347. The van der Waals surface area contributed by atoms with Gasteiger partial charge in [0.05, 0.1) is 10.2 Å². The minimum Gasteiger partial charge on any atom is -0.350 e. The van der Waals surface area contributed by atoms with Crippen LogP contribution < -0.4 is 5.43 Å². The molecule has 2 heterocycles. The van der Waals surface area contributed by atoms with Crippen LogP contribution in [0.5, 0.6) is 0 Å². The maximum absolute atomic E-state index is 11.7. The molecule has 0 aromatic carbocycles. The lowest BCUT2D eigenvalue weighted by Crippen LogP contribution is -2.17. The van der Waals surface area contributed by atoms with Crippen molar-refractivity contribution in [1.82, 2.24) is 10.4 Å². The van der Waals surface area contributed by atoms with E-state index < -0.39 is 0 Å². The number of rotatable bonds is 4. The van der Waals surface area contributed by atoms with Crippen LogP contribution >= 0.6 is 11.3 Å². The number of H-pyrrole nitrogens is 1. The van der Waals surface area contributed by atoms with Crippen molar-refractivity contribution in [1.29, 1.82) is 0 Å².